The van der Waals surface area contributed by atoms with Crippen molar-refractivity contribution in [2.75, 3.05) is 11.4 Å². The topological polar surface area (TPSA) is 50.8 Å². The first-order valence-electron chi connectivity index (χ1n) is 8.80. The van der Waals surface area contributed by atoms with E-state index in [-0.39, 0.29) is 0 Å². The molecule has 4 nitrogen and oxygen atoms in total. The number of allylic oxidation sites excluding steroid dienone is 4. The average molecular weight is 343 g/mol. The molecule has 0 aliphatic carbocycles. The number of ether oxygens (including phenoxy) is 1. The van der Waals surface area contributed by atoms with Gasteiger partial charge in [-0.3, -0.25) is 0 Å². The second-order valence-electron chi connectivity index (χ2n) is 6.19. The van der Waals surface area contributed by atoms with Gasteiger partial charge in [0.2, 0.25) is 5.88 Å². The number of nitrogens with two attached hydrogens (primary N) is 1. The second kappa shape index (κ2) is 6.92. The van der Waals surface area contributed by atoms with Gasteiger partial charge in [0, 0.05) is 18.5 Å². The maximum atomic E-state index is 5.98. The van der Waals surface area contributed by atoms with E-state index >= 15 is 0 Å². The Morgan fingerprint density at radius 3 is 2.73 bits per heavy atom. The standard InChI is InChI=1S/C22H21N3O/c1-2-25-19-12-6-7-13-20(19)26-22(25)14-8-3-9-16-15-21(23)24-18-11-5-4-10-17(16)18/h3-14H,2,15H2,1H3,(H2,23,24). The van der Waals surface area contributed by atoms with Crippen molar-refractivity contribution in [3.05, 3.63) is 84.3 Å². The number of fused-ring (bicyclic) bond motifs is 2. The molecule has 0 bridgehead atoms. The molecule has 0 radical (unpaired) electrons. The van der Waals surface area contributed by atoms with Gasteiger partial charge in [-0.05, 0) is 36.8 Å². The summed E-state index contributed by atoms with van der Waals surface area (Å²) < 4.78 is 5.95. The zero-order valence-corrected chi connectivity index (χ0v) is 14.7. The molecule has 0 atom stereocenters. The fourth-order valence-electron chi connectivity index (χ4n) is 3.29. The maximum Gasteiger partial charge on any atom is 0.200 e. The lowest BCUT2D eigenvalue weighted by Gasteiger charge is -2.15. The summed E-state index contributed by atoms with van der Waals surface area (Å²) in [5.74, 6) is 2.39. The molecule has 0 unspecified atom stereocenters. The van der Waals surface area contributed by atoms with Crippen LogP contribution in [0.25, 0.3) is 5.57 Å². The highest BCUT2D eigenvalue weighted by Gasteiger charge is 2.23. The van der Waals surface area contributed by atoms with Crippen molar-refractivity contribution < 1.29 is 4.74 Å². The van der Waals surface area contributed by atoms with Crippen LogP contribution >= 0.6 is 0 Å². The fraction of sp³-hybridized carbons (Fsp3) is 0.136. The lowest BCUT2D eigenvalue weighted by molar-refractivity contribution is 0.440. The first-order chi connectivity index (χ1) is 12.8. The Morgan fingerprint density at radius 1 is 1.08 bits per heavy atom. The fourth-order valence-corrected chi connectivity index (χ4v) is 3.29. The van der Waals surface area contributed by atoms with Gasteiger partial charge < -0.3 is 15.4 Å². The Hall–Kier alpha value is -3.27. The van der Waals surface area contributed by atoms with Crippen molar-refractivity contribution in [1.29, 1.82) is 0 Å². The molecule has 0 amide bonds. The van der Waals surface area contributed by atoms with E-state index in [1.165, 1.54) is 5.57 Å². The molecule has 0 aromatic heterocycles. The van der Waals surface area contributed by atoms with E-state index < -0.39 is 0 Å². The van der Waals surface area contributed by atoms with Crippen LogP contribution < -0.4 is 15.4 Å². The van der Waals surface area contributed by atoms with Gasteiger partial charge in [0.05, 0.1) is 11.4 Å². The molecule has 2 aromatic rings. The molecule has 0 saturated heterocycles. The van der Waals surface area contributed by atoms with Crippen LogP contribution in [0.2, 0.25) is 0 Å². The van der Waals surface area contributed by atoms with Crippen LogP contribution in [0.4, 0.5) is 11.4 Å². The van der Waals surface area contributed by atoms with Crippen molar-refractivity contribution >= 4 is 22.8 Å². The maximum absolute atomic E-state index is 5.98. The summed E-state index contributed by atoms with van der Waals surface area (Å²) in [6.07, 6.45) is 8.78. The molecule has 2 aliphatic heterocycles. The summed E-state index contributed by atoms with van der Waals surface area (Å²) >= 11 is 0. The largest absolute Gasteiger partial charge is 0.439 e. The number of para-hydroxylation sites is 3. The first kappa shape index (κ1) is 16.2. The monoisotopic (exact) mass is 343 g/mol. The molecule has 4 rings (SSSR count). The van der Waals surface area contributed by atoms with Gasteiger partial charge in [0.15, 0.2) is 5.75 Å². The predicted molar refractivity (Wildman–Crippen MR) is 108 cm³/mol. The van der Waals surface area contributed by atoms with Crippen LogP contribution in [0.1, 0.15) is 18.9 Å². The van der Waals surface area contributed by atoms with Gasteiger partial charge in [-0.2, -0.15) is 0 Å². The molecule has 2 aliphatic rings. The number of amidine groups is 1. The van der Waals surface area contributed by atoms with E-state index in [0.29, 0.717) is 12.3 Å². The quantitative estimate of drug-likeness (QED) is 0.872. The first-order valence-corrected chi connectivity index (χ1v) is 8.80. The third-order valence-corrected chi connectivity index (χ3v) is 4.49. The van der Waals surface area contributed by atoms with E-state index in [4.69, 9.17) is 10.5 Å². The number of nitrogens with zero attached hydrogens (tertiary/aromatic N) is 2. The molecular formula is C22H21N3O. The molecule has 0 saturated carbocycles. The predicted octanol–water partition coefficient (Wildman–Crippen LogP) is 4.78. The van der Waals surface area contributed by atoms with E-state index in [0.717, 1.165) is 35.1 Å². The Bertz CT molecular complexity index is 953. The molecule has 0 spiro atoms. The zero-order chi connectivity index (χ0) is 17.9. The lowest BCUT2D eigenvalue weighted by atomic mass is 9.97. The number of hydrogen-bond acceptors (Lipinski definition) is 4. The van der Waals surface area contributed by atoms with E-state index in [9.17, 15) is 0 Å². The van der Waals surface area contributed by atoms with E-state index in [1.54, 1.807) is 0 Å². The highest BCUT2D eigenvalue weighted by atomic mass is 16.5. The zero-order valence-electron chi connectivity index (χ0n) is 14.7. The number of hydrogen-bond donors (Lipinski definition) is 1. The molecule has 2 heterocycles. The number of anilines is 1. The Labute approximate surface area is 153 Å². The minimum Gasteiger partial charge on any atom is -0.439 e. The van der Waals surface area contributed by atoms with Gasteiger partial charge in [0.25, 0.3) is 0 Å². The highest BCUT2D eigenvalue weighted by Crippen LogP contribution is 2.38. The Kier molecular flexibility index (Phi) is 4.32. The summed E-state index contributed by atoms with van der Waals surface area (Å²) in [5.41, 5.74) is 10.3. The van der Waals surface area contributed by atoms with E-state index in [2.05, 4.69) is 35.0 Å². The molecule has 0 fully saturated rings. The summed E-state index contributed by atoms with van der Waals surface area (Å²) in [6.45, 7) is 2.98. The minimum absolute atomic E-state index is 0.647. The highest BCUT2D eigenvalue weighted by molar-refractivity contribution is 5.99. The SMILES string of the molecule is CCN1C(=CC=CC=C2CC(N)=Nc3ccccc32)Oc2ccccc21. The van der Waals surface area contributed by atoms with Crippen molar-refractivity contribution in [3.63, 3.8) is 0 Å². The van der Waals surface area contributed by atoms with Gasteiger partial charge in [-0.1, -0.05) is 48.6 Å². The number of rotatable bonds is 3. The molecule has 4 heteroatoms. The summed E-state index contributed by atoms with van der Waals surface area (Å²) in [4.78, 5) is 6.58. The third-order valence-electron chi connectivity index (χ3n) is 4.49. The van der Waals surface area contributed by atoms with Crippen LogP contribution in [-0.4, -0.2) is 12.4 Å². The van der Waals surface area contributed by atoms with Crippen LogP contribution in [0.5, 0.6) is 5.75 Å². The summed E-state index contributed by atoms with van der Waals surface area (Å²) in [6, 6.07) is 16.2. The summed E-state index contributed by atoms with van der Waals surface area (Å²) in [7, 11) is 0. The van der Waals surface area contributed by atoms with Crippen molar-refractivity contribution in [2.24, 2.45) is 10.7 Å². The van der Waals surface area contributed by atoms with Gasteiger partial charge >= 0.3 is 0 Å². The van der Waals surface area contributed by atoms with Gasteiger partial charge in [-0.25, -0.2) is 4.99 Å². The molecule has 26 heavy (non-hydrogen) atoms. The molecular weight excluding hydrogens is 322 g/mol. The lowest BCUT2D eigenvalue weighted by Crippen LogP contribution is -2.18. The molecule has 2 N–H and O–H groups in total. The van der Waals surface area contributed by atoms with Crippen LogP contribution in [0, 0.1) is 0 Å². The van der Waals surface area contributed by atoms with E-state index in [1.807, 2.05) is 54.6 Å². The normalized spacial score (nSPS) is 18.8. The van der Waals surface area contributed by atoms with Gasteiger partial charge in [-0.15, -0.1) is 0 Å². The smallest absolute Gasteiger partial charge is 0.200 e. The Balaban J connectivity index is 1.56. The minimum atomic E-state index is 0.647. The average Bonchev–Trinajstić information content (AvgIpc) is 3.02. The van der Waals surface area contributed by atoms with Crippen molar-refractivity contribution in [1.82, 2.24) is 0 Å². The van der Waals surface area contributed by atoms with Crippen molar-refractivity contribution in [2.45, 2.75) is 13.3 Å². The summed E-state index contributed by atoms with van der Waals surface area (Å²) in [5, 5.41) is 0. The molecule has 130 valence electrons. The molecule has 2 aromatic carbocycles. The number of aliphatic imine (C=N–C) groups is 1. The third kappa shape index (κ3) is 3.02. The second-order valence-corrected chi connectivity index (χ2v) is 6.19. The van der Waals surface area contributed by atoms with Crippen LogP contribution in [0.15, 0.2) is 83.7 Å². The number of benzene rings is 2. The van der Waals surface area contributed by atoms with Crippen LogP contribution in [0.3, 0.4) is 0 Å². The Morgan fingerprint density at radius 2 is 1.85 bits per heavy atom. The van der Waals surface area contributed by atoms with Crippen LogP contribution in [-0.2, 0) is 0 Å². The van der Waals surface area contributed by atoms with Crippen molar-refractivity contribution in [3.8, 4) is 5.75 Å². The van der Waals surface area contributed by atoms with Gasteiger partial charge in [0.1, 0.15) is 5.84 Å².